The van der Waals surface area contributed by atoms with Gasteiger partial charge in [0, 0.05) is 11.8 Å². The lowest BCUT2D eigenvalue weighted by Crippen LogP contribution is -2.35. The lowest BCUT2D eigenvalue weighted by atomic mass is 9.88. The molecule has 1 aliphatic rings. The Hall–Kier alpha value is -0.410. The van der Waals surface area contributed by atoms with Crippen LogP contribution in [0.2, 0.25) is 5.15 Å². The Balaban J connectivity index is 2.03. The SMILES string of the molecule is Cc1cc(NC2CSCC(C)(C)C2)cnc1Cl. The van der Waals surface area contributed by atoms with E-state index in [-0.39, 0.29) is 0 Å². The zero-order valence-electron chi connectivity index (χ0n) is 10.6. The molecule has 1 fully saturated rings. The van der Waals surface area contributed by atoms with Gasteiger partial charge in [0.2, 0.25) is 0 Å². The first-order chi connectivity index (χ1) is 7.96. The number of rotatable bonds is 2. The van der Waals surface area contributed by atoms with E-state index in [1.54, 1.807) is 0 Å². The van der Waals surface area contributed by atoms with Gasteiger partial charge in [-0.1, -0.05) is 25.4 Å². The highest BCUT2D eigenvalue weighted by atomic mass is 35.5. The van der Waals surface area contributed by atoms with Crippen LogP contribution < -0.4 is 5.32 Å². The summed E-state index contributed by atoms with van der Waals surface area (Å²) in [6, 6.07) is 2.60. The van der Waals surface area contributed by atoms with E-state index in [0.717, 1.165) is 11.3 Å². The highest BCUT2D eigenvalue weighted by Gasteiger charge is 2.28. The van der Waals surface area contributed by atoms with Crippen LogP contribution in [0.1, 0.15) is 25.8 Å². The summed E-state index contributed by atoms with van der Waals surface area (Å²) in [5.41, 5.74) is 2.53. The fourth-order valence-corrected chi connectivity index (χ4v) is 3.61. The van der Waals surface area contributed by atoms with Crippen molar-refractivity contribution in [2.24, 2.45) is 5.41 Å². The largest absolute Gasteiger partial charge is 0.380 e. The second-order valence-electron chi connectivity index (χ2n) is 5.56. The summed E-state index contributed by atoms with van der Waals surface area (Å²) in [6.45, 7) is 6.65. The van der Waals surface area contributed by atoms with Gasteiger partial charge in [0.05, 0.1) is 11.9 Å². The molecule has 1 N–H and O–H groups in total. The van der Waals surface area contributed by atoms with Crippen molar-refractivity contribution in [3.05, 3.63) is 23.0 Å². The van der Waals surface area contributed by atoms with Gasteiger partial charge in [-0.15, -0.1) is 0 Å². The molecule has 0 aromatic carbocycles. The Kier molecular flexibility index (Phi) is 3.88. The Bertz CT molecular complexity index is 406. The van der Waals surface area contributed by atoms with Crippen LogP contribution in [0.15, 0.2) is 12.3 Å². The van der Waals surface area contributed by atoms with Gasteiger partial charge in [0.1, 0.15) is 5.15 Å². The van der Waals surface area contributed by atoms with Crippen molar-refractivity contribution >= 4 is 29.1 Å². The van der Waals surface area contributed by atoms with Gasteiger partial charge < -0.3 is 5.32 Å². The molecule has 2 nitrogen and oxygen atoms in total. The summed E-state index contributed by atoms with van der Waals surface area (Å²) in [6.07, 6.45) is 3.03. The monoisotopic (exact) mass is 270 g/mol. The fourth-order valence-electron chi connectivity index (χ4n) is 2.23. The normalized spacial score (nSPS) is 23.4. The summed E-state index contributed by atoms with van der Waals surface area (Å²) < 4.78 is 0. The van der Waals surface area contributed by atoms with E-state index >= 15 is 0 Å². The molecular weight excluding hydrogens is 252 g/mol. The number of nitrogens with one attached hydrogen (secondary N) is 1. The van der Waals surface area contributed by atoms with Crippen LogP contribution in [-0.2, 0) is 0 Å². The fraction of sp³-hybridized carbons (Fsp3) is 0.615. The standard InChI is InChI=1S/C13H19ClN2S/c1-9-4-10(6-15-12(9)14)16-11-5-13(2,3)8-17-7-11/h4,6,11,16H,5,7-8H2,1-3H3. The second-order valence-corrected chi connectivity index (χ2v) is 6.94. The first-order valence-corrected chi connectivity index (χ1v) is 7.46. The molecule has 0 radical (unpaired) electrons. The average Bonchev–Trinajstić information content (AvgIpc) is 2.22. The molecule has 0 saturated carbocycles. The quantitative estimate of drug-likeness (QED) is 0.823. The minimum absolute atomic E-state index is 0.426. The number of hydrogen-bond donors (Lipinski definition) is 1. The number of thioether (sulfide) groups is 1. The molecule has 0 aliphatic carbocycles. The van der Waals surface area contributed by atoms with Gasteiger partial charge >= 0.3 is 0 Å². The van der Waals surface area contributed by atoms with E-state index in [1.165, 1.54) is 17.9 Å². The Morgan fingerprint density at radius 3 is 2.94 bits per heavy atom. The van der Waals surface area contributed by atoms with Crippen LogP contribution in [-0.4, -0.2) is 22.5 Å². The molecule has 17 heavy (non-hydrogen) atoms. The average molecular weight is 271 g/mol. The molecule has 0 spiro atoms. The van der Waals surface area contributed by atoms with Gasteiger partial charge in [0.15, 0.2) is 0 Å². The van der Waals surface area contributed by atoms with Crippen LogP contribution in [0.4, 0.5) is 5.69 Å². The molecule has 1 aromatic rings. The zero-order valence-corrected chi connectivity index (χ0v) is 12.2. The maximum atomic E-state index is 5.93. The van der Waals surface area contributed by atoms with Crippen LogP contribution in [0.25, 0.3) is 0 Å². The van der Waals surface area contributed by atoms with Crippen molar-refractivity contribution in [3.8, 4) is 0 Å². The number of aromatic nitrogens is 1. The van der Waals surface area contributed by atoms with Crippen molar-refractivity contribution in [2.45, 2.75) is 33.2 Å². The van der Waals surface area contributed by atoms with E-state index in [4.69, 9.17) is 11.6 Å². The van der Waals surface area contributed by atoms with E-state index in [2.05, 4.69) is 30.2 Å². The maximum absolute atomic E-state index is 5.93. The molecule has 1 aliphatic heterocycles. The molecule has 0 amide bonds. The van der Waals surface area contributed by atoms with E-state index < -0.39 is 0 Å². The molecule has 2 rings (SSSR count). The van der Waals surface area contributed by atoms with Gasteiger partial charge in [0.25, 0.3) is 0 Å². The van der Waals surface area contributed by atoms with Crippen molar-refractivity contribution < 1.29 is 0 Å². The van der Waals surface area contributed by atoms with Gasteiger partial charge in [-0.2, -0.15) is 11.8 Å². The maximum Gasteiger partial charge on any atom is 0.132 e. The minimum Gasteiger partial charge on any atom is -0.380 e. The summed E-state index contributed by atoms with van der Waals surface area (Å²) in [5, 5.41) is 4.15. The lowest BCUT2D eigenvalue weighted by molar-refractivity contribution is 0.358. The number of pyridine rings is 1. The Labute approximate surface area is 113 Å². The van der Waals surface area contributed by atoms with E-state index in [9.17, 15) is 0 Å². The van der Waals surface area contributed by atoms with Crippen LogP contribution in [0, 0.1) is 12.3 Å². The van der Waals surface area contributed by atoms with Crippen LogP contribution >= 0.6 is 23.4 Å². The van der Waals surface area contributed by atoms with Crippen molar-refractivity contribution in [1.29, 1.82) is 0 Å². The predicted molar refractivity (Wildman–Crippen MR) is 77.1 cm³/mol. The highest BCUT2D eigenvalue weighted by molar-refractivity contribution is 7.99. The third-order valence-electron chi connectivity index (χ3n) is 3.00. The highest BCUT2D eigenvalue weighted by Crippen LogP contribution is 2.34. The first-order valence-electron chi connectivity index (χ1n) is 5.93. The Morgan fingerprint density at radius 2 is 2.29 bits per heavy atom. The second kappa shape index (κ2) is 5.07. The Morgan fingerprint density at radius 1 is 1.53 bits per heavy atom. The number of nitrogens with zero attached hydrogens (tertiary/aromatic N) is 1. The van der Waals surface area contributed by atoms with Gasteiger partial charge in [-0.25, -0.2) is 4.98 Å². The number of halogens is 1. The molecule has 2 heterocycles. The van der Waals surface area contributed by atoms with E-state index in [0.29, 0.717) is 16.6 Å². The lowest BCUT2D eigenvalue weighted by Gasteiger charge is -2.35. The van der Waals surface area contributed by atoms with Gasteiger partial charge in [-0.05, 0) is 36.1 Å². The molecule has 1 unspecified atom stereocenters. The summed E-state index contributed by atoms with van der Waals surface area (Å²) in [7, 11) is 0. The van der Waals surface area contributed by atoms with Crippen molar-refractivity contribution in [3.63, 3.8) is 0 Å². The number of anilines is 1. The third-order valence-corrected chi connectivity index (χ3v) is 5.02. The topological polar surface area (TPSA) is 24.9 Å². The van der Waals surface area contributed by atoms with Crippen molar-refractivity contribution in [1.82, 2.24) is 4.98 Å². The smallest absolute Gasteiger partial charge is 0.132 e. The molecule has 94 valence electrons. The summed E-state index contributed by atoms with van der Waals surface area (Å²) in [5.74, 6) is 2.42. The van der Waals surface area contributed by atoms with Crippen LogP contribution in [0.5, 0.6) is 0 Å². The molecule has 4 heteroatoms. The molecule has 1 atom stereocenters. The summed E-state index contributed by atoms with van der Waals surface area (Å²) in [4.78, 5) is 4.18. The first kappa shape index (κ1) is 13.0. The third kappa shape index (κ3) is 3.52. The zero-order chi connectivity index (χ0) is 12.5. The summed E-state index contributed by atoms with van der Waals surface area (Å²) >= 11 is 7.95. The number of aryl methyl sites for hydroxylation is 1. The molecular formula is C13H19ClN2S. The van der Waals surface area contributed by atoms with E-state index in [1.807, 2.05) is 24.9 Å². The minimum atomic E-state index is 0.426. The predicted octanol–water partition coefficient (Wildman–Crippen LogP) is 3.99. The molecule has 0 bridgehead atoms. The number of hydrogen-bond acceptors (Lipinski definition) is 3. The van der Waals surface area contributed by atoms with Crippen LogP contribution in [0.3, 0.4) is 0 Å². The van der Waals surface area contributed by atoms with Crippen molar-refractivity contribution in [2.75, 3.05) is 16.8 Å². The van der Waals surface area contributed by atoms with Gasteiger partial charge in [-0.3, -0.25) is 0 Å². The molecule has 1 aromatic heterocycles. The molecule has 1 saturated heterocycles.